The van der Waals surface area contributed by atoms with E-state index in [2.05, 4.69) is 20.9 Å². The van der Waals surface area contributed by atoms with Gasteiger partial charge in [0.05, 0.1) is 11.6 Å². The van der Waals surface area contributed by atoms with Crippen LogP contribution in [0.15, 0.2) is 18.3 Å². The molecule has 6 nitrogen and oxygen atoms in total. The number of carbonyl (C=O) groups is 2. The first kappa shape index (κ1) is 17.0. The zero-order valence-electron chi connectivity index (χ0n) is 13.6. The average molecular weight is 351 g/mol. The summed E-state index contributed by atoms with van der Waals surface area (Å²) < 4.78 is 0. The van der Waals surface area contributed by atoms with Crippen molar-refractivity contribution in [1.29, 1.82) is 0 Å². The number of urea groups is 1. The normalized spacial score (nSPS) is 23.4. The maximum atomic E-state index is 12.4. The lowest BCUT2D eigenvalue weighted by atomic mass is 9.90. The summed E-state index contributed by atoms with van der Waals surface area (Å²) in [6, 6.07) is 3.01. The Hall–Kier alpha value is -1.82. The van der Waals surface area contributed by atoms with Crippen LogP contribution in [0.2, 0.25) is 5.15 Å². The van der Waals surface area contributed by atoms with Gasteiger partial charge in [0.25, 0.3) is 5.91 Å². The average Bonchev–Trinajstić information content (AvgIpc) is 3.40. The van der Waals surface area contributed by atoms with Crippen LogP contribution >= 0.6 is 11.6 Å². The van der Waals surface area contributed by atoms with Gasteiger partial charge in [0.15, 0.2) is 0 Å². The summed E-state index contributed by atoms with van der Waals surface area (Å²) in [5, 5.41) is 9.31. The number of aromatic nitrogens is 1. The first-order valence-corrected chi connectivity index (χ1v) is 8.96. The molecule has 1 aromatic heterocycles. The number of hydrogen-bond acceptors (Lipinski definition) is 3. The highest BCUT2D eigenvalue weighted by Gasteiger charge is 2.29. The van der Waals surface area contributed by atoms with Gasteiger partial charge in [-0.2, -0.15) is 0 Å². The zero-order valence-corrected chi connectivity index (χ0v) is 14.3. The fourth-order valence-electron chi connectivity index (χ4n) is 3.02. The van der Waals surface area contributed by atoms with Crippen LogP contribution in [0.25, 0.3) is 0 Å². The monoisotopic (exact) mass is 350 g/mol. The lowest BCUT2D eigenvalue weighted by Gasteiger charge is -2.32. The van der Waals surface area contributed by atoms with Crippen molar-refractivity contribution >= 4 is 23.5 Å². The molecule has 0 spiro atoms. The molecule has 2 saturated carbocycles. The minimum Gasteiger partial charge on any atom is -0.347 e. The molecule has 3 amide bonds. The van der Waals surface area contributed by atoms with Crippen LogP contribution in [0.4, 0.5) is 4.79 Å². The standard InChI is InChI=1S/C17H23ClN4O2/c18-15-8-7-12(10-19-15)16(23)21-13-3-1-2-4-14(13)22-17(24)20-9-11-5-6-11/h7-8,10-11,13-14H,1-6,9H2,(H,21,23)(H2,20,22,24). The third kappa shape index (κ3) is 4.84. The van der Waals surface area contributed by atoms with Crippen molar-refractivity contribution in [3.8, 4) is 0 Å². The molecular formula is C17H23ClN4O2. The van der Waals surface area contributed by atoms with Gasteiger partial charge in [0.1, 0.15) is 5.15 Å². The number of nitrogens with zero attached hydrogens (tertiary/aromatic N) is 1. The SMILES string of the molecule is O=C(NCC1CC1)NC1CCCCC1NC(=O)c1ccc(Cl)nc1. The van der Waals surface area contributed by atoms with Gasteiger partial charge >= 0.3 is 6.03 Å². The van der Waals surface area contributed by atoms with E-state index in [9.17, 15) is 9.59 Å². The molecule has 0 saturated heterocycles. The number of hydrogen-bond donors (Lipinski definition) is 3. The van der Waals surface area contributed by atoms with Gasteiger partial charge in [-0.15, -0.1) is 0 Å². The Morgan fingerprint density at radius 1 is 1.08 bits per heavy atom. The van der Waals surface area contributed by atoms with E-state index in [4.69, 9.17) is 11.6 Å². The molecule has 1 aromatic rings. The molecule has 3 N–H and O–H groups in total. The second-order valence-electron chi connectivity index (χ2n) is 6.64. The minimum absolute atomic E-state index is 0.0397. The number of pyridine rings is 1. The van der Waals surface area contributed by atoms with Crippen molar-refractivity contribution in [2.75, 3.05) is 6.54 Å². The van der Waals surface area contributed by atoms with Gasteiger partial charge in [-0.3, -0.25) is 4.79 Å². The largest absolute Gasteiger partial charge is 0.347 e. The lowest BCUT2D eigenvalue weighted by Crippen LogP contribution is -2.55. The van der Waals surface area contributed by atoms with Gasteiger partial charge in [-0.1, -0.05) is 24.4 Å². The second-order valence-corrected chi connectivity index (χ2v) is 7.03. The molecule has 1 heterocycles. The zero-order chi connectivity index (χ0) is 16.9. The van der Waals surface area contributed by atoms with Crippen LogP contribution in [0.3, 0.4) is 0 Å². The summed E-state index contributed by atoms with van der Waals surface area (Å²) >= 11 is 5.75. The van der Waals surface area contributed by atoms with E-state index in [0.717, 1.165) is 32.2 Å². The number of nitrogens with one attached hydrogen (secondary N) is 3. The van der Waals surface area contributed by atoms with Crippen LogP contribution < -0.4 is 16.0 Å². The Bertz CT molecular complexity index is 589. The molecule has 2 aliphatic carbocycles. The van der Waals surface area contributed by atoms with Crippen molar-refractivity contribution < 1.29 is 9.59 Å². The lowest BCUT2D eigenvalue weighted by molar-refractivity contribution is 0.0915. The highest BCUT2D eigenvalue weighted by atomic mass is 35.5. The number of carbonyl (C=O) groups excluding carboxylic acids is 2. The molecule has 2 atom stereocenters. The van der Waals surface area contributed by atoms with E-state index in [-0.39, 0.29) is 24.0 Å². The highest BCUT2D eigenvalue weighted by Crippen LogP contribution is 2.27. The number of rotatable bonds is 5. The van der Waals surface area contributed by atoms with Gasteiger partial charge < -0.3 is 16.0 Å². The molecule has 7 heteroatoms. The molecule has 0 radical (unpaired) electrons. The maximum Gasteiger partial charge on any atom is 0.315 e. The maximum absolute atomic E-state index is 12.4. The molecule has 2 unspecified atom stereocenters. The van der Waals surface area contributed by atoms with Crippen LogP contribution in [0.5, 0.6) is 0 Å². The molecule has 0 aliphatic heterocycles. The Morgan fingerprint density at radius 2 is 1.79 bits per heavy atom. The minimum atomic E-state index is -0.184. The van der Waals surface area contributed by atoms with Gasteiger partial charge in [-0.05, 0) is 43.7 Å². The Labute approximate surface area is 146 Å². The molecular weight excluding hydrogens is 328 g/mol. The third-order valence-electron chi connectivity index (χ3n) is 4.64. The summed E-state index contributed by atoms with van der Waals surface area (Å²) in [5.41, 5.74) is 0.474. The predicted molar refractivity (Wildman–Crippen MR) is 92.0 cm³/mol. The first-order valence-electron chi connectivity index (χ1n) is 8.58. The summed E-state index contributed by atoms with van der Waals surface area (Å²) in [6.07, 6.45) is 7.72. The van der Waals surface area contributed by atoms with E-state index in [0.29, 0.717) is 16.6 Å². The van der Waals surface area contributed by atoms with Crippen molar-refractivity contribution in [2.24, 2.45) is 5.92 Å². The van der Waals surface area contributed by atoms with E-state index in [1.54, 1.807) is 12.1 Å². The molecule has 2 fully saturated rings. The van der Waals surface area contributed by atoms with Gasteiger partial charge in [0, 0.05) is 18.8 Å². The predicted octanol–water partition coefficient (Wildman–Crippen LogP) is 2.49. The summed E-state index contributed by atoms with van der Waals surface area (Å²) in [5.74, 6) is 0.464. The van der Waals surface area contributed by atoms with Crippen molar-refractivity contribution in [3.63, 3.8) is 0 Å². The number of amides is 3. The highest BCUT2D eigenvalue weighted by molar-refractivity contribution is 6.29. The van der Waals surface area contributed by atoms with Crippen LogP contribution in [-0.2, 0) is 0 Å². The van der Waals surface area contributed by atoms with Crippen molar-refractivity contribution in [1.82, 2.24) is 20.9 Å². The fourth-order valence-corrected chi connectivity index (χ4v) is 3.13. The third-order valence-corrected chi connectivity index (χ3v) is 4.86. The van der Waals surface area contributed by atoms with Gasteiger partial charge in [0.2, 0.25) is 0 Å². The summed E-state index contributed by atoms with van der Waals surface area (Å²) in [6.45, 7) is 0.742. The molecule has 130 valence electrons. The van der Waals surface area contributed by atoms with Crippen molar-refractivity contribution in [2.45, 2.75) is 50.6 Å². The summed E-state index contributed by atoms with van der Waals surface area (Å²) in [7, 11) is 0. The smallest absolute Gasteiger partial charge is 0.315 e. The van der Waals surface area contributed by atoms with Crippen molar-refractivity contribution in [3.05, 3.63) is 29.0 Å². The Balaban J connectivity index is 1.53. The molecule has 0 aromatic carbocycles. The van der Waals surface area contributed by atoms with Crippen LogP contribution in [-0.4, -0.2) is 35.6 Å². The van der Waals surface area contributed by atoms with Crippen LogP contribution in [0.1, 0.15) is 48.9 Å². The Kier molecular flexibility index (Phi) is 5.56. The summed E-state index contributed by atoms with van der Waals surface area (Å²) in [4.78, 5) is 28.3. The van der Waals surface area contributed by atoms with Gasteiger partial charge in [-0.25, -0.2) is 9.78 Å². The van der Waals surface area contributed by atoms with E-state index >= 15 is 0 Å². The molecule has 2 aliphatic rings. The topological polar surface area (TPSA) is 83.1 Å². The number of halogens is 1. The van der Waals surface area contributed by atoms with E-state index in [1.165, 1.54) is 19.0 Å². The second kappa shape index (κ2) is 7.83. The van der Waals surface area contributed by atoms with E-state index < -0.39 is 0 Å². The molecule has 24 heavy (non-hydrogen) atoms. The fraction of sp³-hybridized carbons (Fsp3) is 0.588. The molecule has 0 bridgehead atoms. The first-order chi connectivity index (χ1) is 11.6. The Morgan fingerprint density at radius 3 is 2.42 bits per heavy atom. The van der Waals surface area contributed by atoms with E-state index in [1.807, 2.05) is 0 Å². The molecule has 3 rings (SSSR count). The quantitative estimate of drug-likeness (QED) is 0.713. The van der Waals surface area contributed by atoms with Crippen LogP contribution in [0, 0.1) is 5.92 Å².